The Morgan fingerprint density at radius 2 is 1.72 bits per heavy atom. The van der Waals surface area contributed by atoms with Crippen LogP contribution in [0.5, 0.6) is 0 Å². The van der Waals surface area contributed by atoms with Crippen molar-refractivity contribution in [1.29, 1.82) is 0 Å². The molecule has 1 aromatic carbocycles. The zero-order valence-electron chi connectivity index (χ0n) is 9.66. The molecule has 0 aliphatic carbocycles. The molecular weight excluding hydrogens is 319 g/mol. The van der Waals surface area contributed by atoms with Gasteiger partial charge in [0.1, 0.15) is 4.90 Å². The van der Waals surface area contributed by atoms with E-state index in [9.17, 15) is 8.42 Å². The summed E-state index contributed by atoms with van der Waals surface area (Å²) in [5.74, 6) is 0. The lowest BCUT2D eigenvalue weighted by Crippen LogP contribution is -2.35. The summed E-state index contributed by atoms with van der Waals surface area (Å²) in [7, 11) is -3.76. The summed E-state index contributed by atoms with van der Waals surface area (Å²) < 4.78 is 25.9. The summed E-state index contributed by atoms with van der Waals surface area (Å²) in [5.41, 5.74) is 5.39. The van der Waals surface area contributed by atoms with Crippen LogP contribution in [0, 0.1) is 0 Å². The Bertz CT molecular complexity index is 511. The topological polar surface area (TPSA) is 63.4 Å². The first kappa shape index (κ1) is 16.0. The molecule has 0 unspecified atom stereocenters. The smallest absolute Gasteiger partial charge is 0.246 e. The number of rotatable bonds is 5. The lowest BCUT2D eigenvalue weighted by Gasteiger charge is -2.21. The standard InChI is InChI=1S/C10H13Cl3N2O2S/c1-2-15(4-3-14)18(16,17)10-8(12)5-7(11)6-9(10)13/h5-6H,2-4,14H2,1H3. The zero-order valence-corrected chi connectivity index (χ0v) is 12.7. The van der Waals surface area contributed by atoms with Crippen LogP contribution in [0.2, 0.25) is 15.1 Å². The lowest BCUT2D eigenvalue weighted by atomic mass is 10.4. The Kier molecular flexibility index (Phi) is 5.70. The number of hydrogen-bond acceptors (Lipinski definition) is 3. The average molecular weight is 332 g/mol. The molecule has 0 aliphatic heterocycles. The maximum absolute atomic E-state index is 12.4. The highest BCUT2D eigenvalue weighted by Gasteiger charge is 2.28. The van der Waals surface area contributed by atoms with Gasteiger partial charge in [0.25, 0.3) is 0 Å². The molecule has 0 spiro atoms. The fourth-order valence-corrected chi connectivity index (χ4v) is 4.45. The maximum atomic E-state index is 12.4. The molecule has 1 rings (SSSR count). The number of benzene rings is 1. The predicted octanol–water partition coefficient (Wildman–Crippen LogP) is 2.62. The van der Waals surface area contributed by atoms with Crippen molar-refractivity contribution in [1.82, 2.24) is 4.31 Å². The van der Waals surface area contributed by atoms with E-state index in [-0.39, 0.29) is 39.6 Å². The predicted molar refractivity (Wildman–Crippen MR) is 75.0 cm³/mol. The van der Waals surface area contributed by atoms with Gasteiger partial charge in [0.2, 0.25) is 10.0 Å². The quantitative estimate of drug-likeness (QED) is 0.902. The molecule has 0 saturated heterocycles. The first-order chi connectivity index (χ1) is 8.34. The number of sulfonamides is 1. The van der Waals surface area contributed by atoms with Gasteiger partial charge in [-0.05, 0) is 12.1 Å². The molecule has 18 heavy (non-hydrogen) atoms. The summed E-state index contributed by atoms with van der Waals surface area (Å²) in [5, 5.41) is 0.289. The molecule has 102 valence electrons. The number of nitrogens with zero attached hydrogens (tertiary/aromatic N) is 1. The van der Waals surface area contributed by atoms with Crippen molar-refractivity contribution in [3.05, 3.63) is 27.2 Å². The SMILES string of the molecule is CCN(CCN)S(=O)(=O)c1c(Cl)cc(Cl)cc1Cl. The van der Waals surface area contributed by atoms with Gasteiger partial charge < -0.3 is 5.73 Å². The highest BCUT2D eigenvalue weighted by Crippen LogP contribution is 2.34. The van der Waals surface area contributed by atoms with Gasteiger partial charge in [0, 0.05) is 24.7 Å². The second kappa shape index (κ2) is 6.41. The molecule has 0 amide bonds. The van der Waals surface area contributed by atoms with Crippen LogP contribution in [0.25, 0.3) is 0 Å². The van der Waals surface area contributed by atoms with Crippen molar-refractivity contribution < 1.29 is 8.42 Å². The number of likely N-dealkylation sites (N-methyl/N-ethyl adjacent to an activating group) is 1. The molecule has 0 bridgehead atoms. The van der Waals surface area contributed by atoms with Crippen LogP contribution < -0.4 is 5.73 Å². The molecule has 0 heterocycles. The van der Waals surface area contributed by atoms with Crippen molar-refractivity contribution in [2.75, 3.05) is 19.6 Å². The van der Waals surface area contributed by atoms with E-state index in [4.69, 9.17) is 40.5 Å². The minimum absolute atomic E-state index is 0.00275. The summed E-state index contributed by atoms with van der Waals surface area (Å²) >= 11 is 17.6. The van der Waals surface area contributed by atoms with E-state index >= 15 is 0 Å². The molecule has 0 fully saturated rings. The van der Waals surface area contributed by atoms with E-state index in [0.717, 1.165) is 0 Å². The molecular formula is C10H13Cl3N2O2S. The van der Waals surface area contributed by atoms with Crippen molar-refractivity contribution >= 4 is 44.8 Å². The Hall–Kier alpha value is -0.0400. The number of hydrogen-bond donors (Lipinski definition) is 1. The van der Waals surface area contributed by atoms with Crippen molar-refractivity contribution in [2.45, 2.75) is 11.8 Å². The van der Waals surface area contributed by atoms with Gasteiger partial charge in [-0.1, -0.05) is 41.7 Å². The van der Waals surface area contributed by atoms with Crippen molar-refractivity contribution in [3.8, 4) is 0 Å². The Morgan fingerprint density at radius 3 is 2.11 bits per heavy atom. The van der Waals surface area contributed by atoms with Gasteiger partial charge in [-0.15, -0.1) is 0 Å². The average Bonchev–Trinajstić information content (AvgIpc) is 2.23. The van der Waals surface area contributed by atoms with E-state index < -0.39 is 10.0 Å². The third kappa shape index (κ3) is 3.29. The fourth-order valence-electron chi connectivity index (χ4n) is 1.50. The second-order valence-electron chi connectivity index (χ2n) is 3.48. The molecule has 0 atom stereocenters. The Balaban J connectivity index is 3.36. The lowest BCUT2D eigenvalue weighted by molar-refractivity contribution is 0.435. The molecule has 0 saturated carbocycles. The van der Waals surface area contributed by atoms with Gasteiger partial charge in [0.05, 0.1) is 10.0 Å². The number of nitrogens with two attached hydrogens (primary N) is 1. The van der Waals surface area contributed by atoms with E-state index in [1.54, 1.807) is 6.92 Å². The first-order valence-electron chi connectivity index (χ1n) is 5.19. The van der Waals surface area contributed by atoms with E-state index in [1.165, 1.54) is 16.4 Å². The maximum Gasteiger partial charge on any atom is 0.246 e. The summed E-state index contributed by atoms with van der Waals surface area (Å²) in [4.78, 5) is -0.134. The largest absolute Gasteiger partial charge is 0.329 e. The van der Waals surface area contributed by atoms with Crippen LogP contribution in [0.4, 0.5) is 0 Å². The van der Waals surface area contributed by atoms with Crippen molar-refractivity contribution in [2.24, 2.45) is 5.73 Å². The highest BCUT2D eigenvalue weighted by atomic mass is 35.5. The zero-order chi connectivity index (χ0) is 13.9. The summed E-state index contributed by atoms with van der Waals surface area (Å²) in [6, 6.07) is 2.69. The van der Waals surface area contributed by atoms with Gasteiger partial charge in [-0.25, -0.2) is 8.42 Å². The van der Waals surface area contributed by atoms with Crippen LogP contribution >= 0.6 is 34.8 Å². The number of halogens is 3. The van der Waals surface area contributed by atoms with Crippen LogP contribution in [0.1, 0.15) is 6.92 Å². The summed E-state index contributed by atoms with van der Waals surface area (Å²) in [6.45, 7) is 2.42. The van der Waals surface area contributed by atoms with Gasteiger partial charge >= 0.3 is 0 Å². The van der Waals surface area contributed by atoms with Crippen LogP contribution in [-0.4, -0.2) is 32.4 Å². The van der Waals surface area contributed by atoms with Gasteiger partial charge in [-0.2, -0.15) is 4.31 Å². The van der Waals surface area contributed by atoms with Crippen molar-refractivity contribution in [3.63, 3.8) is 0 Å². The molecule has 0 radical (unpaired) electrons. The molecule has 8 heteroatoms. The fraction of sp³-hybridized carbons (Fsp3) is 0.400. The van der Waals surface area contributed by atoms with E-state index in [1.807, 2.05) is 0 Å². The minimum atomic E-state index is -3.76. The Morgan fingerprint density at radius 1 is 1.22 bits per heavy atom. The third-order valence-corrected chi connectivity index (χ3v) is 5.41. The van der Waals surface area contributed by atoms with Gasteiger partial charge in [-0.3, -0.25) is 0 Å². The highest BCUT2D eigenvalue weighted by molar-refractivity contribution is 7.89. The molecule has 0 aliphatic rings. The Labute approximate surface area is 122 Å². The van der Waals surface area contributed by atoms with E-state index in [0.29, 0.717) is 0 Å². The van der Waals surface area contributed by atoms with Gasteiger partial charge in [0.15, 0.2) is 0 Å². The molecule has 1 aromatic rings. The first-order valence-corrected chi connectivity index (χ1v) is 7.76. The monoisotopic (exact) mass is 330 g/mol. The van der Waals surface area contributed by atoms with E-state index in [2.05, 4.69) is 0 Å². The summed E-state index contributed by atoms with van der Waals surface area (Å²) in [6.07, 6.45) is 0. The third-order valence-electron chi connectivity index (χ3n) is 2.29. The molecule has 4 nitrogen and oxygen atoms in total. The van der Waals surface area contributed by atoms with Crippen LogP contribution in [0.15, 0.2) is 17.0 Å². The van der Waals surface area contributed by atoms with Crippen LogP contribution in [-0.2, 0) is 10.0 Å². The van der Waals surface area contributed by atoms with Crippen LogP contribution in [0.3, 0.4) is 0 Å². The molecule has 0 aromatic heterocycles. The minimum Gasteiger partial charge on any atom is -0.329 e. The normalized spacial score (nSPS) is 12.1. The second-order valence-corrected chi connectivity index (χ2v) is 6.61. The molecule has 2 N–H and O–H groups in total.